The van der Waals surface area contributed by atoms with Crippen molar-refractivity contribution in [2.45, 2.75) is 38.7 Å². The first-order valence-electron chi connectivity index (χ1n) is 7.05. The molecule has 1 amide bonds. The summed E-state index contributed by atoms with van der Waals surface area (Å²) in [5.74, 6) is -0.0925. The molecular formula is C15H22N2O5S. The van der Waals surface area contributed by atoms with E-state index in [0.29, 0.717) is 24.0 Å². The summed E-state index contributed by atoms with van der Waals surface area (Å²) in [5.41, 5.74) is 0.332. The minimum Gasteiger partial charge on any atom is -0.494 e. The van der Waals surface area contributed by atoms with Gasteiger partial charge in [-0.3, -0.25) is 9.52 Å². The number of amides is 1. The van der Waals surface area contributed by atoms with Crippen molar-refractivity contribution in [1.29, 1.82) is 0 Å². The fourth-order valence-corrected chi connectivity index (χ4v) is 4.18. The van der Waals surface area contributed by atoms with Crippen LogP contribution in [0, 0.1) is 6.92 Å². The number of fused-ring (bicyclic) bond motifs is 4. The topological polar surface area (TPSA) is 93.7 Å². The van der Waals surface area contributed by atoms with Crippen LogP contribution in [-0.4, -0.2) is 39.5 Å². The Hall–Kier alpha value is -1.80. The molecule has 1 aromatic carbocycles. The van der Waals surface area contributed by atoms with Gasteiger partial charge in [0, 0.05) is 6.54 Å². The summed E-state index contributed by atoms with van der Waals surface area (Å²) in [4.78, 5) is 12.3. The highest BCUT2D eigenvalue weighted by molar-refractivity contribution is 7.93. The molecule has 0 aromatic heterocycles. The van der Waals surface area contributed by atoms with Crippen LogP contribution in [0.1, 0.15) is 36.2 Å². The molecule has 1 saturated heterocycles. The Morgan fingerprint density at radius 1 is 1.30 bits per heavy atom. The monoisotopic (exact) mass is 342 g/mol. The van der Waals surface area contributed by atoms with E-state index in [0.717, 1.165) is 0 Å². The molecular weight excluding hydrogens is 320 g/mol. The molecule has 3 rings (SSSR count). The fourth-order valence-electron chi connectivity index (χ4n) is 2.76. The van der Waals surface area contributed by atoms with Crippen molar-refractivity contribution in [3.8, 4) is 5.75 Å². The summed E-state index contributed by atoms with van der Waals surface area (Å²) in [7, 11) is -2.30. The minimum atomic E-state index is -3.71. The second-order valence-electron chi connectivity index (χ2n) is 5.46. The molecule has 0 spiro atoms. The Labute approximate surface area is 136 Å². The van der Waals surface area contributed by atoms with Crippen LogP contribution in [-0.2, 0) is 14.8 Å². The van der Waals surface area contributed by atoms with Gasteiger partial charge >= 0.3 is 0 Å². The van der Waals surface area contributed by atoms with Crippen molar-refractivity contribution in [1.82, 2.24) is 5.32 Å². The quantitative estimate of drug-likeness (QED) is 0.809. The summed E-state index contributed by atoms with van der Waals surface area (Å²) >= 11 is 0. The first-order valence-corrected chi connectivity index (χ1v) is 8.60. The zero-order valence-corrected chi connectivity index (χ0v) is 13.2. The predicted molar refractivity (Wildman–Crippen MR) is 87.2 cm³/mol. The van der Waals surface area contributed by atoms with Gasteiger partial charge in [-0.2, -0.15) is 0 Å². The molecule has 2 unspecified atom stereocenters. The van der Waals surface area contributed by atoms with Gasteiger partial charge in [-0.05, 0) is 31.4 Å². The van der Waals surface area contributed by atoms with Gasteiger partial charge in [0.15, 0.2) is 11.2 Å². The number of methoxy groups -OCH3 is 1. The van der Waals surface area contributed by atoms with E-state index in [4.69, 9.17) is 9.47 Å². The number of nitrogens with one attached hydrogen (secondary N) is 2. The van der Waals surface area contributed by atoms with Crippen molar-refractivity contribution >= 4 is 21.6 Å². The van der Waals surface area contributed by atoms with Gasteiger partial charge in [0.05, 0.1) is 24.5 Å². The maximum absolute atomic E-state index is 12.5. The zero-order chi connectivity index (χ0) is 15.9. The number of aryl methyl sites for hydroxylation is 1. The minimum absolute atomic E-state index is 0. The molecule has 1 fully saturated rings. The molecule has 0 aliphatic carbocycles. The molecule has 2 aliphatic heterocycles. The lowest BCUT2D eigenvalue weighted by Crippen LogP contribution is -2.33. The summed E-state index contributed by atoms with van der Waals surface area (Å²) < 4.78 is 38.4. The number of sulfonamides is 1. The molecule has 0 radical (unpaired) electrons. The third kappa shape index (κ3) is 3.13. The average molecular weight is 342 g/mol. The third-order valence-corrected chi connectivity index (χ3v) is 5.49. The van der Waals surface area contributed by atoms with Crippen molar-refractivity contribution in [3.63, 3.8) is 0 Å². The van der Waals surface area contributed by atoms with Crippen LogP contribution in [0.4, 0.5) is 5.69 Å². The normalized spacial score (nSPS) is 25.4. The molecule has 23 heavy (non-hydrogen) atoms. The number of hydrogen-bond donors (Lipinski definition) is 2. The van der Waals surface area contributed by atoms with Gasteiger partial charge in [0.1, 0.15) is 0 Å². The molecule has 4 bridgehead atoms. The Bertz CT molecular complexity index is 717. The van der Waals surface area contributed by atoms with Crippen molar-refractivity contribution in [3.05, 3.63) is 23.3 Å². The highest BCUT2D eigenvalue weighted by Gasteiger charge is 2.37. The summed E-state index contributed by atoms with van der Waals surface area (Å²) in [6.07, 6.45) is 0.696. The first kappa shape index (κ1) is 17.6. The molecule has 2 atom stereocenters. The maximum Gasteiger partial charge on any atom is 0.260 e. The molecule has 2 heterocycles. The molecule has 0 saturated carbocycles. The number of hydrogen-bond acceptors (Lipinski definition) is 5. The standard InChI is InChI=1S/C14H18N2O5S.CH4/c1-8-3-5-10-13(20-2)12(8)16-22(18,19)11-6-4-9(21-11)7-15-14(10)17;/h3,5,9,11,16H,4,6-7H2,1-2H3,(H,15,17);1H4. The summed E-state index contributed by atoms with van der Waals surface area (Å²) in [6.45, 7) is 2.03. The highest BCUT2D eigenvalue weighted by Crippen LogP contribution is 2.35. The first-order chi connectivity index (χ1) is 10.4. The Morgan fingerprint density at radius 3 is 2.74 bits per heavy atom. The number of benzene rings is 1. The van der Waals surface area contributed by atoms with E-state index in [1.807, 2.05) is 0 Å². The third-order valence-electron chi connectivity index (χ3n) is 3.96. The van der Waals surface area contributed by atoms with Crippen LogP contribution in [0.15, 0.2) is 12.1 Å². The number of rotatable bonds is 1. The van der Waals surface area contributed by atoms with Gasteiger partial charge in [0.25, 0.3) is 15.9 Å². The second-order valence-corrected chi connectivity index (χ2v) is 7.28. The smallest absolute Gasteiger partial charge is 0.260 e. The van der Waals surface area contributed by atoms with Crippen LogP contribution >= 0.6 is 0 Å². The molecule has 128 valence electrons. The Morgan fingerprint density at radius 2 is 2.04 bits per heavy atom. The summed E-state index contributed by atoms with van der Waals surface area (Å²) in [6, 6.07) is 3.31. The van der Waals surface area contributed by atoms with E-state index in [-0.39, 0.29) is 37.4 Å². The van der Waals surface area contributed by atoms with Gasteiger partial charge in [-0.1, -0.05) is 13.5 Å². The van der Waals surface area contributed by atoms with Crippen LogP contribution < -0.4 is 14.8 Å². The summed E-state index contributed by atoms with van der Waals surface area (Å²) in [5, 5.41) is 2.77. The molecule has 1 aromatic rings. The lowest BCUT2D eigenvalue weighted by atomic mass is 10.1. The van der Waals surface area contributed by atoms with Crippen LogP contribution in [0.5, 0.6) is 5.75 Å². The maximum atomic E-state index is 12.5. The van der Waals surface area contributed by atoms with Crippen molar-refractivity contribution < 1.29 is 22.7 Å². The number of ether oxygens (including phenoxy) is 2. The van der Waals surface area contributed by atoms with Crippen LogP contribution in [0.25, 0.3) is 0 Å². The fraction of sp³-hybridized carbons (Fsp3) is 0.533. The van der Waals surface area contributed by atoms with Crippen molar-refractivity contribution in [2.24, 2.45) is 0 Å². The van der Waals surface area contributed by atoms with Crippen LogP contribution in [0.3, 0.4) is 0 Å². The highest BCUT2D eigenvalue weighted by atomic mass is 32.2. The van der Waals surface area contributed by atoms with E-state index in [1.165, 1.54) is 7.11 Å². The van der Waals surface area contributed by atoms with E-state index < -0.39 is 15.5 Å². The van der Waals surface area contributed by atoms with Crippen LogP contribution in [0.2, 0.25) is 0 Å². The van der Waals surface area contributed by atoms with Gasteiger partial charge in [0.2, 0.25) is 0 Å². The zero-order valence-electron chi connectivity index (χ0n) is 12.4. The molecule has 2 N–H and O–H groups in total. The lowest BCUT2D eigenvalue weighted by Gasteiger charge is -2.18. The number of carbonyl (C=O) groups excluding carboxylic acids is 1. The molecule has 8 heteroatoms. The largest absolute Gasteiger partial charge is 0.494 e. The predicted octanol–water partition coefficient (Wildman–Crippen LogP) is 1.63. The molecule has 7 nitrogen and oxygen atoms in total. The van der Waals surface area contributed by atoms with E-state index in [9.17, 15) is 13.2 Å². The van der Waals surface area contributed by atoms with E-state index in [2.05, 4.69) is 10.0 Å². The lowest BCUT2D eigenvalue weighted by molar-refractivity contribution is 0.0768. The average Bonchev–Trinajstić information content (AvgIpc) is 2.95. The van der Waals surface area contributed by atoms with Gasteiger partial charge in [-0.25, -0.2) is 8.42 Å². The number of anilines is 1. The molecule has 2 aliphatic rings. The van der Waals surface area contributed by atoms with E-state index in [1.54, 1.807) is 19.1 Å². The van der Waals surface area contributed by atoms with E-state index >= 15 is 0 Å². The second kappa shape index (κ2) is 6.37. The SMILES string of the molecule is C.COc1c2ccc(C)c1NS(=O)(=O)C1CCC(CNC2=O)O1. The van der Waals surface area contributed by atoms with Gasteiger partial charge in [-0.15, -0.1) is 0 Å². The van der Waals surface area contributed by atoms with Crippen molar-refractivity contribution in [2.75, 3.05) is 18.4 Å². The Balaban J connectivity index is 0.00000192. The number of carbonyl (C=O) groups is 1. The Kier molecular flexibility index (Phi) is 4.86. The van der Waals surface area contributed by atoms with Gasteiger partial charge < -0.3 is 14.8 Å².